The fraction of sp³-hybridized carbons (Fsp3) is 0.710. The summed E-state index contributed by atoms with van der Waals surface area (Å²) < 4.78 is 0. The number of primary amides is 2. The van der Waals surface area contributed by atoms with E-state index in [0.29, 0.717) is 25.1 Å². The molecule has 0 saturated carbocycles. The third-order valence-electron chi connectivity index (χ3n) is 8.38. The summed E-state index contributed by atoms with van der Waals surface area (Å²) in [6, 6.07) is -9.17. The molecule has 1 fully saturated rings. The van der Waals surface area contributed by atoms with Crippen LogP contribution >= 0.6 is 24.4 Å². The van der Waals surface area contributed by atoms with Gasteiger partial charge in [0.2, 0.25) is 47.3 Å². The van der Waals surface area contributed by atoms with Crippen molar-refractivity contribution in [3.63, 3.8) is 0 Å². The number of carbonyl (C=O) groups is 9. The van der Waals surface area contributed by atoms with Crippen molar-refractivity contribution in [2.75, 3.05) is 30.9 Å². The van der Waals surface area contributed by atoms with E-state index < -0.39 is 114 Å². The van der Waals surface area contributed by atoms with Crippen LogP contribution in [0.5, 0.6) is 0 Å². The van der Waals surface area contributed by atoms with Crippen LogP contribution in [0.25, 0.3) is 0 Å². The maximum absolute atomic E-state index is 13.3. The van der Waals surface area contributed by atoms with Gasteiger partial charge in [0.25, 0.3) is 0 Å². The van der Waals surface area contributed by atoms with Crippen LogP contribution in [0.15, 0.2) is 0 Å². The number of thiol groups is 1. The first-order valence-corrected chi connectivity index (χ1v) is 19.1. The number of aliphatic hydroxyl groups is 1. The Labute approximate surface area is 317 Å². The molecule has 22 heteroatoms. The molecule has 1 rings (SSSR count). The van der Waals surface area contributed by atoms with Crippen LogP contribution in [0, 0.1) is 5.92 Å². The highest BCUT2D eigenvalue weighted by atomic mass is 32.2. The maximum Gasteiger partial charge on any atom is 0.326 e. The van der Waals surface area contributed by atoms with Gasteiger partial charge in [-0.1, -0.05) is 20.3 Å². The number of hydrogen-bond donors (Lipinski definition) is 12. The van der Waals surface area contributed by atoms with Crippen LogP contribution in [0.4, 0.5) is 0 Å². The van der Waals surface area contributed by atoms with E-state index in [0.717, 1.165) is 6.42 Å². The van der Waals surface area contributed by atoms with E-state index in [2.05, 4.69) is 49.8 Å². The second-order valence-corrected chi connectivity index (χ2v) is 13.8. The van der Waals surface area contributed by atoms with Gasteiger partial charge in [-0.05, 0) is 50.2 Å². The Morgan fingerprint density at radius 2 is 1.36 bits per heavy atom. The predicted octanol–water partition coefficient (Wildman–Crippen LogP) is -4.41. The number of amides is 8. The summed E-state index contributed by atoms with van der Waals surface area (Å²) in [4.78, 5) is 114. The van der Waals surface area contributed by atoms with Crippen molar-refractivity contribution in [1.29, 1.82) is 0 Å². The molecule has 0 aliphatic carbocycles. The molecule has 20 nitrogen and oxygen atoms in total. The molecule has 1 heterocycles. The largest absolute Gasteiger partial charge is 0.480 e. The van der Waals surface area contributed by atoms with E-state index in [1.807, 2.05) is 0 Å². The monoisotopic (exact) mass is 791 g/mol. The van der Waals surface area contributed by atoms with Gasteiger partial charge in [0.1, 0.15) is 36.3 Å². The van der Waals surface area contributed by atoms with Crippen LogP contribution < -0.4 is 48.7 Å². The smallest absolute Gasteiger partial charge is 0.326 e. The van der Waals surface area contributed by atoms with Gasteiger partial charge in [0.05, 0.1) is 19.1 Å². The maximum atomic E-state index is 13.3. The lowest BCUT2D eigenvalue weighted by atomic mass is 9.97. The topological polar surface area (TPSA) is 330 Å². The van der Waals surface area contributed by atoms with Crippen molar-refractivity contribution in [3.05, 3.63) is 0 Å². The lowest BCUT2D eigenvalue weighted by molar-refractivity contribution is -0.142. The predicted molar refractivity (Wildman–Crippen MR) is 196 cm³/mol. The molecule has 8 atom stereocenters. The third kappa shape index (κ3) is 16.6. The SMILES string of the molecule is CCC(C)C(NC(=O)C(CO)NC(=O)C(CS)NC(=O)C(CC(N)=O)NC(=O)C(CCC(N)=O)NC(=O)C1CCCN1)C(=O)NC(CCSC)C(=O)O. The molecule has 300 valence electrons. The van der Waals surface area contributed by atoms with Gasteiger partial charge in [-0.3, -0.25) is 38.4 Å². The highest BCUT2D eigenvalue weighted by molar-refractivity contribution is 7.98. The van der Waals surface area contributed by atoms with Crippen molar-refractivity contribution in [2.45, 2.75) is 101 Å². The Kier molecular flexibility index (Phi) is 21.4. The molecule has 53 heavy (non-hydrogen) atoms. The van der Waals surface area contributed by atoms with Gasteiger partial charge in [-0.2, -0.15) is 24.4 Å². The summed E-state index contributed by atoms with van der Waals surface area (Å²) in [5, 5.41) is 36.7. The molecule has 8 unspecified atom stereocenters. The summed E-state index contributed by atoms with van der Waals surface area (Å²) in [5.41, 5.74) is 10.5. The Morgan fingerprint density at radius 1 is 0.792 bits per heavy atom. The third-order valence-corrected chi connectivity index (χ3v) is 9.39. The summed E-state index contributed by atoms with van der Waals surface area (Å²) in [6.07, 6.45) is 2.27. The molecule has 0 bridgehead atoms. The minimum absolute atomic E-state index is 0.129. The van der Waals surface area contributed by atoms with Crippen molar-refractivity contribution < 1.29 is 53.4 Å². The standard InChI is InChI=1S/C31H53N9O11S2/c1-4-15(2)24(30(49)36-18(31(50)51)9-11-53-3)40-28(47)20(13-41)38-29(48)21(14-52)39-27(46)19(12-23(33)43)37-26(45)17(7-8-22(32)42)35-25(44)16-6-5-10-34-16/h15-21,24,34,41,52H,4-14H2,1-3H3,(H2,32,42)(H2,33,43)(H,35,44)(H,36,49)(H,37,45)(H,38,48)(H,39,46)(H,40,47)(H,50,51). The minimum Gasteiger partial charge on any atom is -0.480 e. The van der Waals surface area contributed by atoms with Crippen LogP contribution in [0.2, 0.25) is 0 Å². The lowest BCUT2D eigenvalue weighted by Gasteiger charge is -2.28. The quantitative estimate of drug-likeness (QED) is 0.0389. The van der Waals surface area contributed by atoms with Gasteiger partial charge in [-0.25, -0.2) is 4.79 Å². The molecule has 8 amide bonds. The number of rotatable bonds is 25. The van der Waals surface area contributed by atoms with E-state index in [4.69, 9.17) is 11.5 Å². The molecule has 0 aromatic heterocycles. The normalized spacial score (nSPS) is 17.7. The Morgan fingerprint density at radius 3 is 1.87 bits per heavy atom. The Hall–Kier alpha value is -4.15. The first kappa shape index (κ1) is 46.9. The van der Waals surface area contributed by atoms with Crippen molar-refractivity contribution in [1.82, 2.24) is 37.2 Å². The average molecular weight is 792 g/mol. The summed E-state index contributed by atoms with van der Waals surface area (Å²) in [6.45, 7) is 3.03. The first-order chi connectivity index (χ1) is 25.0. The van der Waals surface area contributed by atoms with Crippen LogP contribution in [0.3, 0.4) is 0 Å². The number of hydrogen-bond acceptors (Lipinski definition) is 13. The minimum atomic E-state index is -1.66. The highest BCUT2D eigenvalue weighted by Crippen LogP contribution is 2.11. The molecule has 0 spiro atoms. The van der Waals surface area contributed by atoms with E-state index in [1.165, 1.54) is 11.8 Å². The van der Waals surface area contributed by atoms with Gasteiger partial charge in [0, 0.05) is 12.2 Å². The second-order valence-electron chi connectivity index (χ2n) is 12.5. The summed E-state index contributed by atoms with van der Waals surface area (Å²) in [5.74, 6) is -8.77. The highest BCUT2D eigenvalue weighted by Gasteiger charge is 2.35. The number of aliphatic hydroxyl groups excluding tert-OH is 1. The molecule has 13 N–H and O–H groups in total. The molecular formula is C31H53N9O11S2. The van der Waals surface area contributed by atoms with Gasteiger partial charge < -0.3 is 58.9 Å². The molecule has 0 aromatic carbocycles. The number of aliphatic carboxylic acids is 1. The van der Waals surface area contributed by atoms with E-state index in [1.54, 1.807) is 20.1 Å². The number of nitrogens with two attached hydrogens (primary N) is 2. The van der Waals surface area contributed by atoms with Crippen molar-refractivity contribution in [2.24, 2.45) is 17.4 Å². The molecular weight excluding hydrogens is 739 g/mol. The lowest BCUT2D eigenvalue weighted by Crippen LogP contribution is -2.61. The van der Waals surface area contributed by atoms with Gasteiger partial charge in [0.15, 0.2) is 0 Å². The molecule has 0 radical (unpaired) electrons. The number of nitrogens with one attached hydrogen (secondary N) is 7. The Bertz CT molecular complexity index is 1320. The molecule has 0 aromatic rings. The van der Waals surface area contributed by atoms with Crippen molar-refractivity contribution in [3.8, 4) is 0 Å². The van der Waals surface area contributed by atoms with E-state index in [9.17, 15) is 53.4 Å². The fourth-order valence-corrected chi connectivity index (χ4v) is 5.79. The zero-order valence-electron chi connectivity index (χ0n) is 30.0. The number of carboxylic acids is 1. The molecule has 1 aliphatic rings. The zero-order valence-corrected chi connectivity index (χ0v) is 31.7. The zero-order chi connectivity index (χ0) is 40.2. The van der Waals surface area contributed by atoms with Crippen LogP contribution in [-0.2, 0) is 43.2 Å². The first-order valence-electron chi connectivity index (χ1n) is 17.0. The second kappa shape index (κ2) is 24.2. The number of carboxylic acid groups (broad SMARTS) is 1. The molecule has 1 aliphatic heterocycles. The Balaban J connectivity index is 3.07. The van der Waals surface area contributed by atoms with E-state index >= 15 is 0 Å². The van der Waals surface area contributed by atoms with Gasteiger partial charge in [-0.15, -0.1) is 0 Å². The van der Waals surface area contributed by atoms with Crippen LogP contribution in [0.1, 0.15) is 58.8 Å². The van der Waals surface area contributed by atoms with Gasteiger partial charge >= 0.3 is 5.97 Å². The van der Waals surface area contributed by atoms with Crippen LogP contribution in [-0.4, -0.2) is 137 Å². The molecule has 1 saturated heterocycles. The average Bonchev–Trinajstić information content (AvgIpc) is 3.66. The number of thioether (sulfide) groups is 1. The summed E-state index contributed by atoms with van der Waals surface area (Å²) in [7, 11) is 0. The van der Waals surface area contributed by atoms with Crippen molar-refractivity contribution >= 4 is 77.6 Å². The summed E-state index contributed by atoms with van der Waals surface area (Å²) >= 11 is 5.47. The van der Waals surface area contributed by atoms with E-state index in [-0.39, 0.29) is 25.0 Å². The number of carbonyl (C=O) groups excluding carboxylic acids is 8. The fourth-order valence-electron chi connectivity index (χ4n) is 5.06.